The van der Waals surface area contributed by atoms with Gasteiger partial charge >= 0.3 is 0 Å². The topological polar surface area (TPSA) is 35.0 Å². The number of hydrogen-bond donors (Lipinski definition) is 1. The summed E-state index contributed by atoms with van der Waals surface area (Å²) in [5.74, 6) is 0. The zero-order chi connectivity index (χ0) is 17.3. The molecule has 0 saturated carbocycles. The maximum atomic E-state index is 6.46. The number of unbranched alkanes of at least 4 members (excludes halogenated alkanes) is 13. The lowest BCUT2D eigenvalue weighted by Gasteiger charge is -2.09. The van der Waals surface area contributed by atoms with E-state index < -0.39 is 0 Å². The molecule has 0 bridgehead atoms. The van der Waals surface area contributed by atoms with Crippen LogP contribution in [0.25, 0.3) is 0 Å². The van der Waals surface area contributed by atoms with Crippen LogP contribution in [-0.2, 0) is 0 Å². The molecular formula is C23H42ClN. The number of halogens is 1. The summed E-state index contributed by atoms with van der Waals surface area (Å²) in [6.45, 7) is 2.29. The minimum absolute atomic E-state index is 0. The smallest absolute Gasteiger partial charge is 0.0585 e. The Balaban J connectivity index is 0.00000576. The van der Waals surface area contributed by atoms with Crippen LogP contribution in [0.1, 0.15) is 114 Å². The van der Waals surface area contributed by atoms with Crippen LogP contribution in [-0.4, -0.2) is 0 Å². The van der Waals surface area contributed by atoms with Gasteiger partial charge in [-0.1, -0.05) is 127 Å². The molecule has 0 amide bonds. The lowest BCUT2D eigenvalue weighted by molar-refractivity contribution is 0.531. The summed E-state index contributed by atoms with van der Waals surface area (Å²) in [4.78, 5) is 0. The Labute approximate surface area is 162 Å². The third-order valence-corrected chi connectivity index (χ3v) is 5.44. The molecular weight excluding hydrogens is 326 g/mol. The summed E-state index contributed by atoms with van der Waals surface area (Å²) in [7, 11) is 0. The van der Waals surface area contributed by atoms with Gasteiger partial charge in [0.1, 0.15) is 0 Å². The zero-order valence-electron chi connectivity index (χ0n) is 16.7. The largest absolute Gasteiger partial charge is 0.344 e. The molecule has 0 aliphatic rings. The summed E-state index contributed by atoms with van der Waals surface area (Å²) in [5, 5.41) is 0.198. The van der Waals surface area contributed by atoms with Gasteiger partial charge in [-0.2, -0.15) is 0 Å². The lowest BCUT2D eigenvalue weighted by atomic mass is 10.0. The summed E-state index contributed by atoms with van der Waals surface area (Å²) >= 11 is 6.46. The van der Waals surface area contributed by atoms with E-state index in [-0.39, 0.29) is 11.5 Å². The van der Waals surface area contributed by atoms with Gasteiger partial charge in [-0.15, -0.1) is 11.6 Å². The van der Waals surface area contributed by atoms with Crippen molar-refractivity contribution in [2.45, 2.75) is 109 Å². The molecule has 1 aromatic carbocycles. The highest BCUT2D eigenvalue weighted by molar-refractivity contribution is 6.20. The summed E-state index contributed by atoms with van der Waals surface area (Å²) in [6.07, 6.45) is 20.9. The fraction of sp³-hybridized carbons (Fsp3) is 0.739. The third kappa shape index (κ3) is 14.3. The number of hydrogen-bond acceptors (Lipinski definition) is 1. The van der Waals surface area contributed by atoms with Crippen molar-refractivity contribution in [2.24, 2.45) is 0 Å². The van der Waals surface area contributed by atoms with Crippen molar-refractivity contribution in [2.75, 3.05) is 0 Å². The Bertz CT molecular complexity index is 366. The Morgan fingerprint density at radius 3 is 1.48 bits per heavy atom. The van der Waals surface area contributed by atoms with Crippen molar-refractivity contribution in [1.82, 2.24) is 6.15 Å². The first kappa shape index (κ1) is 24.5. The Morgan fingerprint density at radius 2 is 1.04 bits per heavy atom. The zero-order valence-corrected chi connectivity index (χ0v) is 17.4. The van der Waals surface area contributed by atoms with Crippen molar-refractivity contribution in [3.05, 3.63) is 35.9 Å². The molecule has 0 saturated heterocycles. The molecule has 0 aliphatic heterocycles. The highest BCUT2D eigenvalue weighted by atomic mass is 35.5. The minimum atomic E-state index is 0. The fourth-order valence-corrected chi connectivity index (χ4v) is 3.65. The molecule has 1 atom stereocenters. The van der Waals surface area contributed by atoms with Gasteiger partial charge in [0.2, 0.25) is 0 Å². The van der Waals surface area contributed by atoms with Crippen LogP contribution in [0.5, 0.6) is 0 Å². The first-order valence-corrected chi connectivity index (χ1v) is 11.0. The quantitative estimate of drug-likeness (QED) is 0.229. The van der Waals surface area contributed by atoms with E-state index in [4.69, 9.17) is 11.6 Å². The average Bonchev–Trinajstić information content (AvgIpc) is 2.62. The second-order valence-electron chi connectivity index (χ2n) is 7.26. The number of rotatable bonds is 16. The van der Waals surface area contributed by atoms with E-state index in [1.807, 2.05) is 0 Å². The maximum absolute atomic E-state index is 6.46. The summed E-state index contributed by atoms with van der Waals surface area (Å²) in [5.41, 5.74) is 1.27. The van der Waals surface area contributed by atoms with Gasteiger partial charge in [0, 0.05) is 0 Å². The highest BCUT2D eigenvalue weighted by Gasteiger charge is 2.06. The highest BCUT2D eigenvalue weighted by Crippen LogP contribution is 2.26. The molecule has 1 nitrogen and oxygen atoms in total. The standard InChI is InChI=1S/C23H39Cl.H3N/c1-2-3-4-5-6-7-8-9-10-11-12-13-14-18-21-23(24)22-19-16-15-17-20-22;/h15-17,19-20,23H,2-14,18,21H2,1H3;1H3. The van der Waals surface area contributed by atoms with Crippen molar-refractivity contribution in [1.29, 1.82) is 0 Å². The second kappa shape index (κ2) is 18.3. The SMILES string of the molecule is CCCCCCCCCCCCCCCCC(Cl)c1ccccc1.N. The Morgan fingerprint density at radius 1 is 0.640 bits per heavy atom. The monoisotopic (exact) mass is 367 g/mol. The van der Waals surface area contributed by atoms with Crippen molar-refractivity contribution < 1.29 is 0 Å². The molecule has 146 valence electrons. The molecule has 0 heterocycles. The van der Waals surface area contributed by atoms with E-state index in [1.54, 1.807) is 0 Å². The van der Waals surface area contributed by atoms with Gasteiger partial charge in [0.15, 0.2) is 0 Å². The van der Waals surface area contributed by atoms with Gasteiger partial charge in [0.05, 0.1) is 5.38 Å². The van der Waals surface area contributed by atoms with Crippen molar-refractivity contribution >= 4 is 11.6 Å². The Kier molecular flexibility index (Phi) is 17.9. The van der Waals surface area contributed by atoms with Gasteiger partial charge in [-0.05, 0) is 12.0 Å². The summed E-state index contributed by atoms with van der Waals surface area (Å²) in [6, 6.07) is 10.5. The van der Waals surface area contributed by atoms with Crippen LogP contribution in [0.15, 0.2) is 30.3 Å². The maximum Gasteiger partial charge on any atom is 0.0585 e. The van der Waals surface area contributed by atoms with Crippen LogP contribution in [0.2, 0.25) is 0 Å². The van der Waals surface area contributed by atoms with Gasteiger partial charge in [-0.3, -0.25) is 0 Å². The molecule has 1 unspecified atom stereocenters. The average molecular weight is 368 g/mol. The lowest BCUT2D eigenvalue weighted by Crippen LogP contribution is -1.90. The van der Waals surface area contributed by atoms with E-state index >= 15 is 0 Å². The van der Waals surface area contributed by atoms with Gasteiger partial charge in [0.25, 0.3) is 0 Å². The third-order valence-electron chi connectivity index (χ3n) is 4.97. The molecule has 3 N–H and O–H groups in total. The Hall–Kier alpha value is -0.530. The van der Waals surface area contributed by atoms with E-state index in [0.717, 1.165) is 6.42 Å². The predicted octanol–water partition coefficient (Wildman–Crippen LogP) is 9.00. The van der Waals surface area contributed by atoms with Gasteiger partial charge < -0.3 is 6.15 Å². The normalized spacial score (nSPS) is 11.9. The number of benzene rings is 1. The molecule has 0 aromatic heterocycles. The second-order valence-corrected chi connectivity index (χ2v) is 7.79. The van der Waals surface area contributed by atoms with Crippen LogP contribution < -0.4 is 6.15 Å². The van der Waals surface area contributed by atoms with E-state index in [1.165, 1.54) is 95.5 Å². The molecule has 0 fully saturated rings. The molecule has 1 aromatic rings. The first-order valence-electron chi connectivity index (χ1n) is 10.5. The van der Waals surface area contributed by atoms with Crippen LogP contribution >= 0.6 is 11.6 Å². The first-order chi connectivity index (χ1) is 11.8. The fourth-order valence-electron chi connectivity index (χ4n) is 3.35. The molecule has 0 aliphatic carbocycles. The van der Waals surface area contributed by atoms with Crippen LogP contribution in [0.3, 0.4) is 0 Å². The minimum Gasteiger partial charge on any atom is -0.344 e. The van der Waals surface area contributed by atoms with E-state index in [9.17, 15) is 0 Å². The molecule has 25 heavy (non-hydrogen) atoms. The van der Waals surface area contributed by atoms with Gasteiger partial charge in [-0.25, -0.2) is 0 Å². The van der Waals surface area contributed by atoms with Crippen LogP contribution in [0, 0.1) is 0 Å². The predicted molar refractivity (Wildman–Crippen MR) is 115 cm³/mol. The van der Waals surface area contributed by atoms with Crippen LogP contribution in [0.4, 0.5) is 0 Å². The number of alkyl halides is 1. The molecule has 0 radical (unpaired) electrons. The molecule has 1 rings (SSSR count). The molecule has 0 spiro atoms. The summed E-state index contributed by atoms with van der Waals surface area (Å²) < 4.78 is 0. The van der Waals surface area contributed by atoms with E-state index in [0.29, 0.717) is 0 Å². The van der Waals surface area contributed by atoms with E-state index in [2.05, 4.69) is 37.3 Å². The molecule has 2 heteroatoms. The van der Waals surface area contributed by atoms with Crippen molar-refractivity contribution in [3.63, 3.8) is 0 Å². The van der Waals surface area contributed by atoms with Crippen molar-refractivity contribution in [3.8, 4) is 0 Å².